The Morgan fingerprint density at radius 1 is 0.833 bits per heavy atom. The van der Waals surface area contributed by atoms with Crippen molar-refractivity contribution in [1.29, 1.82) is 0 Å². The third kappa shape index (κ3) is 1.51. The van der Waals surface area contributed by atoms with E-state index in [0.717, 1.165) is 0 Å². The van der Waals surface area contributed by atoms with Gasteiger partial charge in [0.05, 0.1) is 6.54 Å². The van der Waals surface area contributed by atoms with Gasteiger partial charge in [-0.05, 0) is 11.1 Å². The van der Waals surface area contributed by atoms with Gasteiger partial charge in [0.25, 0.3) is 0 Å². The molecule has 0 amide bonds. The standard InChI is InChI=1S/C17H17N/c1-2-7-15-12-18-10-9-13-5-3-4-8-16(13)17(18)11-14(15)6-1/h1-8,17H,9-12H2/p+1/t17-/m0/s1. The molecule has 2 atom stereocenters. The molecule has 0 fully saturated rings. The van der Waals surface area contributed by atoms with Crippen molar-refractivity contribution in [3.05, 3.63) is 70.8 Å². The average Bonchev–Trinajstić information content (AvgIpc) is 2.45. The van der Waals surface area contributed by atoms with Crippen molar-refractivity contribution < 1.29 is 4.90 Å². The number of benzene rings is 2. The fraction of sp³-hybridized carbons (Fsp3) is 0.294. The molecule has 4 rings (SSSR count). The Morgan fingerprint density at radius 2 is 1.56 bits per heavy atom. The maximum absolute atomic E-state index is 2.34. The number of hydrogen-bond donors (Lipinski definition) is 1. The lowest BCUT2D eigenvalue weighted by Gasteiger charge is -2.38. The van der Waals surface area contributed by atoms with Crippen molar-refractivity contribution in [1.82, 2.24) is 0 Å². The lowest BCUT2D eigenvalue weighted by atomic mass is 9.84. The highest BCUT2D eigenvalue weighted by molar-refractivity contribution is 5.35. The molecule has 1 N–H and O–H groups in total. The van der Waals surface area contributed by atoms with E-state index in [1.54, 1.807) is 27.2 Å². The maximum atomic E-state index is 2.34. The number of quaternary nitrogens is 1. The van der Waals surface area contributed by atoms with Crippen LogP contribution >= 0.6 is 0 Å². The molecule has 1 heteroatoms. The fourth-order valence-electron chi connectivity index (χ4n) is 3.65. The SMILES string of the molecule is c1ccc2c(c1)C[C@H]1c3ccccc3CC[NH+]1C2. The van der Waals surface area contributed by atoms with Crippen LogP contribution in [-0.4, -0.2) is 6.54 Å². The zero-order chi connectivity index (χ0) is 11.9. The van der Waals surface area contributed by atoms with Crippen LogP contribution in [0.25, 0.3) is 0 Å². The molecule has 0 spiro atoms. The Labute approximate surface area is 108 Å². The molecule has 0 radical (unpaired) electrons. The highest BCUT2D eigenvalue weighted by Gasteiger charge is 2.34. The Bertz CT molecular complexity index is 588. The van der Waals surface area contributed by atoms with Gasteiger partial charge in [-0.3, -0.25) is 0 Å². The summed E-state index contributed by atoms with van der Waals surface area (Å²) >= 11 is 0. The highest BCUT2D eigenvalue weighted by atomic mass is 15.2. The summed E-state index contributed by atoms with van der Waals surface area (Å²) in [5.74, 6) is 0. The van der Waals surface area contributed by atoms with Crippen LogP contribution in [0.2, 0.25) is 0 Å². The van der Waals surface area contributed by atoms with Gasteiger partial charge in [-0.25, -0.2) is 0 Å². The average molecular weight is 236 g/mol. The predicted molar refractivity (Wildman–Crippen MR) is 72.6 cm³/mol. The summed E-state index contributed by atoms with van der Waals surface area (Å²) in [5.41, 5.74) is 6.28. The van der Waals surface area contributed by atoms with Crippen molar-refractivity contribution in [2.24, 2.45) is 0 Å². The van der Waals surface area contributed by atoms with Gasteiger partial charge >= 0.3 is 0 Å². The maximum Gasteiger partial charge on any atom is 0.118 e. The zero-order valence-corrected chi connectivity index (χ0v) is 10.5. The summed E-state index contributed by atoms with van der Waals surface area (Å²) in [7, 11) is 0. The monoisotopic (exact) mass is 236 g/mol. The molecule has 0 aromatic heterocycles. The Hall–Kier alpha value is -1.60. The third-order valence-electron chi connectivity index (χ3n) is 4.60. The van der Waals surface area contributed by atoms with Gasteiger partial charge < -0.3 is 4.90 Å². The van der Waals surface area contributed by atoms with Crippen molar-refractivity contribution in [2.45, 2.75) is 25.4 Å². The molecule has 0 saturated carbocycles. The second-order valence-electron chi connectivity index (χ2n) is 5.56. The summed E-state index contributed by atoms with van der Waals surface area (Å²) in [4.78, 5) is 1.76. The molecular formula is C17H18N+. The predicted octanol–water partition coefficient (Wildman–Crippen LogP) is 1.92. The Balaban J connectivity index is 1.79. The molecule has 2 aromatic rings. The fourth-order valence-corrected chi connectivity index (χ4v) is 3.65. The first-order valence-corrected chi connectivity index (χ1v) is 6.91. The summed E-state index contributed by atoms with van der Waals surface area (Å²) in [5, 5.41) is 0. The number of hydrogen-bond acceptors (Lipinski definition) is 0. The van der Waals surface area contributed by atoms with Crippen LogP contribution in [0.3, 0.4) is 0 Å². The van der Waals surface area contributed by atoms with Crippen LogP contribution in [-0.2, 0) is 19.4 Å². The second-order valence-corrected chi connectivity index (χ2v) is 5.56. The first-order chi connectivity index (χ1) is 8.92. The van der Waals surface area contributed by atoms with Gasteiger partial charge in [0.15, 0.2) is 0 Å². The molecule has 90 valence electrons. The molecule has 0 saturated heterocycles. The first-order valence-electron chi connectivity index (χ1n) is 6.91. The molecular weight excluding hydrogens is 218 g/mol. The van der Waals surface area contributed by atoms with E-state index in [9.17, 15) is 0 Å². The molecule has 2 aliphatic heterocycles. The second kappa shape index (κ2) is 3.96. The molecule has 0 bridgehead atoms. The van der Waals surface area contributed by atoms with Crippen LogP contribution in [0.5, 0.6) is 0 Å². The van der Waals surface area contributed by atoms with Gasteiger partial charge in [-0.2, -0.15) is 0 Å². The zero-order valence-electron chi connectivity index (χ0n) is 10.5. The van der Waals surface area contributed by atoms with E-state index in [2.05, 4.69) is 48.5 Å². The lowest BCUT2D eigenvalue weighted by molar-refractivity contribution is -0.949. The molecule has 2 heterocycles. The van der Waals surface area contributed by atoms with Crippen LogP contribution in [0.4, 0.5) is 0 Å². The van der Waals surface area contributed by atoms with Gasteiger partial charge in [0.2, 0.25) is 0 Å². The van der Waals surface area contributed by atoms with Crippen LogP contribution in [0.1, 0.15) is 28.3 Å². The largest absolute Gasteiger partial charge is 0.324 e. The number of nitrogens with one attached hydrogen (secondary N) is 1. The highest BCUT2D eigenvalue weighted by Crippen LogP contribution is 2.27. The van der Waals surface area contributed by atoms with E-state index in [0.29, 0.717) is 6.04 Å². The van der Waals surface area contributed by atoms with E-state index in [4.69, 9.17) is 0 Å². The smallest absolute Gasteiger partial charge is 0.118 e. The molecule has 2 aromatic carbocycles. The van der Waals surface area contributed by atoms with E-state index < -0.39 is 0 Å². The van der Waals surface area contributed by atoms with Gasteiger partial charge in [-0.15, -0.1) is 0 Å². The van der Waals surface area contributed by atoms with E-state index in [1.165, 1.54) is 25.9 Å². The van der Waals surface area contributed by atoms with Crippen LogP contribution in [0, 0.1) is 0 Å². The van der Waals surface area contributed by atoms with Crippen molar-refractivity contribution in [3.8, 4) is 0 Å². The van der Waals surface area contributed by atoms with E-state index >= 15 is 0 Å². The summed E-state index contributed by atoms with van der Waals surface area (Å²) in [6, 6.07) is 18.7. The first kappa shape index (κ1) is 10.3. The summed E-state index contributed by atoms with van der Waals surface area (Å²) < 4.78 is 0. The Kier molecular flexibility index (Phi) is 2.27. The van der Waals surface area contributed by atoms with Gasteiger partial charge in [0.1, 0.15) is 12.6 Å². The molecule has 2 aliphatic rings. The normalized spacial score (nSPS) is 24.9. The lowest BCUT2D eigenvalue weighted by Crippen LogP contribution is -3.13. The van der Waals surface area contributed by atoms with Gasteiger partial charge in [-0.1, -0.05) is 48.5 Å². The molecule has 0 aliphatic carbocycles. The summed E-state index contributed by atoms with van der Waals surface area (Å²) in [6.07, 6.45) is 2.45. The number of fused-ring (bicyclic) bond motifs is 4. The van der Waals surface area contributed by atoms with Gasteiger partial charge in [0, 0.05) is 24.0 Å². The quantitative estimate of drug-likeness (QED) is 0.713. The molecule has 1 nitrogen and oxygen atoms in total. The minimum Gasteiger partial charge on any atom is -0.324 e. The number of rotatable bonds is 0. The third-order valence-corrected chi connectivity index (χ3v) is 4.60. The Morgan fingerprint density at radius 3 is 2.44 bits per heavy atom. The molecule has 18 heavy (non-hydrogen) atoms. The van der Waals surface area contributed by atoms with E-state index in [1.807, 2.05) is 0 Å². The van der Waals surface area contributed by atoms with Crippen LogP contribution < -0.4 is 4.90 Å². The minimum atomic E-state index is 0.685. The topological polar surface area (TPSA) is 4.44 Å². The van der Waals surface area contributed by atoms with E-state index in [-0.39, 0.29) is 0 Å². The van der Waals surface area contributed by atoms with Crippen molar-refractivity contribution >= 4 is 0 Å². The minimum absolute atomic E-state index is 0.685. The van der Waals surface area contributed by atoms with Crippen LogP contribution in [0.15, 0.2) is 48.5 Å². The summed E-state index contributed by atoms with van der Waals surface area (Å²) in [6.45, 7) is 2.49. The molecule has 1 unspecified atom stereocenters. The van der Waals surface area contributed by atoms with Crippen molar-refractivity contribution in [2.75, 3.05) is 6.54 Å². The van der Waals surface area contributed by atoms with Crippen molar-refractivity contribution in [3.63, 3.8) is 0 Å².